The van der Waals surface area contributed by atoms with Crippen molar-refractivity contribution in [2.45, 2.75) is 39.8 Å². The van der Waals surface area contributed by atoms with Crippen LogP contribution in [0.15, 0.2) is 24.5 Å². The first-order valence-corrected chi connectivity index (χ1v) is 7.24. The van der Waals surface area contributed by atoms with Crippen LogP contribution in [0.1, 0.15) is 24.7 Å². The first-order valence-electron chi connectivity index (χ1n) is 7.24. The molecule has 1 N–H and O–H groups in total. The lowest BCUT2D eigenvalue weighted by Crippen LogP contribution is -2.30. The molecule has 2 aromatic rings. The molecule has 0 fully saturated rings. The summed E-state index contributed by atoms with van der Waals surface area (Å²) in [6, 6.07) is 3.57. The van der Waals surface area contributed by atoms with Gasteiger partial charge < -0.3 is 4.74 Å². The molecule has 1 atom stereocenters. The number of nitrogens with zero attached hydrogens (tertiary/aromatic N) is 4. The molecule has 0 spiro atoms. The van der Waals surface area contributed by atoms with Crippen molar-refractivity contribution in [3.8, 4) is 0 Å². The summed E-state index contributed by atoms with van der Waals surface area (Å²) in [5.41, 5.74) is 1.87. The van der Waals surface area contributed by atoms with E-state index in [2.05, 4.69) is 20.4 Å². The Labute approximate surface area is 133 Å². The van der Waals surface area contributed by atoms with E-state index >= 15 is 0 Å². The van der Waals surface area contributed by atoms with Crippen molar-refractivity contribution in [1.82, 2.24) is 19.7 Å². The molecule has 0 aliphatic heterocycles. The minimum absolute atomic E-state index is 0.140. The van der Waals surface area contributed by atoms with Gasteiger partial charge in [-0.2, -0.15) is 5.10 Å². The summed E-state index contributed by atoms with van der Waals surface area (Å²) in [7, 11) is 0. The summed E-state index contributed by atoms with van der Waals surface area (Å²) in [5.74, 6) is -0.770. The normalized spacial score (nSPS) is 11.8. The van der Waals surface area contributed by atoms with Crippen LogP contribution in [-0.4, -0.2) is 37.7 Å². The number of nitrogens with one attached hydrogen (secondary N) is 1. The number of hydrogen-bond donors (Lipinski definition) is 1. The Bertz CT molecular complexity index is 684. The van der Waals surface area contributed by atoms with Crippen LogP contribution in [0, 0.1) is 13.8 Å². The number of hydrogen-bond acceptors (Lipinski definition) is 6. The number of aryl methyl sites for hydroxylation is 3. The van der Waals surface area contributed by atoms with E-state index in [1.54, 1.807) is 10.7 Å². The van der Waals surface area contributed by atoms with Crippen molar-refractivity contribution in [3.05, 3.63) is 35.9 Å². The topological polar surface area (TPSA) is 99.0 Å². The summed E-state index contributed by atoms with van der Waals surface area (Å²) in [4.78, 5) is 31.5. The summed E-state index contributed by atoms with van der Waals surface area (Å²) in [6.07, 6.45) is 2.23. The highest BCUT2D eigenvalue weighted by molar-refractivity contribution is 5.93. The fraction of sp³-hybridized carbons (Fsp3) is 0.400. The van der Waals surface area contributed by atoms with Crippen molar-refractivity contribution in [3.63, 3.8) is 0 Å². The van der Waals surface area contributed by atoms with Gasteiger partial charge in [-0.05, 0) is 32.9 Å². The summed E-state index contributed by atoms with van der Waals surface area (Å²) >= 11 is 0. The van der Waals surface area contributed by atoms with E-state index in [0.717, 1.165) is 11.4 Å². The summed E-state index contributed by atoms with van der Waals surface area (Å²) in [6.45, 7) is 5.72. The third-order valence-electron chi connectivity index (χ3n) is 3.11. The molecule has 8 nitrogen and oxygen atoms in total. The number of rotatable bonds is 6. The molecule has 1 amide bonds. The van der Waals surface area contributed by atoms with Gasteiger partial charge in [0, 0.05) is 18.1 Å². The largest absolute Gasteiger partial charge is 0.452 e. The zero-order valence-electron chi connectivity index (χ0n) is 13.3. The van der Waals surface area contributed by atoms with Crippen LogP contribution in [-0.2, 0) is 20.9 Å². The van der Waals surface area contributed by atoms with Gasteiger partial charge in [0.25, 0.3) is 5.91 Å². The molecule has 0 radical (unpaired) electrons. The molecule has 2 aromatic heterocycles. The Balaban J connectivity index is 1.80. The molecule has 1 unspecified atom stereocenters. The van der Waals surface area contributed by atoms with Crippen molar-refractivity contribution >= 4 is 17.8 Å². The molecule has 2 heterocycles. The second kappa shape index (κ2) is 7.48. The zero-order valence-corrected chi connectivity index (χ0v) is 13.3. The highest BCUT2D eigenvalue weighted by Gasteiger charge is 2.18. The number of amides is 1. The van der Waals surface area contributed by atoms with Crippen LogP contribution in [0.5, 0.6) is 0 Å². The Kier molecular flexibility index (Phi) is 5.40. The Morgan fingerprint density at radius 3 is 2.61 bits per heavy atom. The molecule has 0 bridgehead atoms. The van der Waals surface area contributed by atoms with Gasteiger partial charge in [-0.25, -0.2) is 9.97 Å². The van der Waals surface area contributed by atoms with Crippen molar-refractivity contribution in [2.75, 3.05) is 5.32 Å². The van der Waals surface area contributed by atoms with Crippen LogP contribution >= 0.6 is 0 Å². The number of ether oxygens (including phenoxy) is 1. The summed E-state index contributed by atoms with van der Waals surface area (Å²) < 4.78 is 6.84. The molecule has 0 saturated heterocycles. The van der Waals surface area contributed by atoms with Gasteiger partial charge in [-0.3, -0.25) is 19.6 Å². The van der Waals surface area contributed by atoms with E-state index in [1.807, 2.05) is 19.9 Å². The van der Waals surface area contributed by atoms with Gasteiger partial charge in [-0.1, -0.05) is 0 Å². The van der Waals surface area contributed by atoms with Crippen LogP contribution in [0.2, 0.25) is 0 Å². The fourth-order valence-electron chi connectivity index (χ4n) is 1.98. The molecule has 0 aromatic carbocycles. The van der Waals surface area contributed by atoms with E-state index in [9.17, 15) is 9.59 Å². The second-order valence-electron chi connectivity index (χ2n) is 5.09. The number of carbonyl (C=O) groups is 2. The quantitative estimate of drug-likeness (QED) is 0.805. The average Bonchev–Trinajstić information content (AvgIpc) is 2.84. The maximum Gasteiger partial charge on any atom is 0.308 e. The average molecular weight is 317 g/mol. The third-order valence-corrected chi connectivity index (χ3v) is 3.11. The monoisotopic (exact) mass is 317 g/mol. The van der Waals surface area contributed by atoms with Gasteiger partial charge in [-0.15, -0.1) is 0 Å². The third kappa shape index (κ3) is 4.87. The zero-order chi connectivity index (χ0) is 16.8. The fourth-order valence-corrected chi connectivity index (χ4v) is 1.98. The first kappa shape index (κ1) is 16.6. The van der Waals surface area contributed by atoms with Gasteiger partial charge >= 0.3 is 5.97 Å². The highest BCUT2D eigenvalue weighted by Crippen LogP contribution is 2.05. The minimum Gasteiger partial charge on any atom is -0.452 e. The lowest BCUT2D eigenvalue weighted by atomic mass is 10.3. The van der Waals surface area contributed by atoms with Gasteiger partial charge in [0.15, 0.2) is 6.10 Å². The Hall–Kier alpha value is -2.77. The number of carbonyl (C=O) groups excluding carboxylic acids is 2. The highest BCUT2D eigenvalue weighted by atomic mass is 16.5. The van der Waals surface area contributed by atoms with Crippen LogP contribution in [0.4, 0.5) is 5.95 Å². The Morgan fingerprint density at radius 1 is 1.30 bits per heavy atom. The lowest BCUT2D eigenvalue weighted by molar-refractivity contribution is -0.153. The van der Waals surface area contributed by atoms with Gasteiger partial charge in [0.2, 0.25) is 5.95 Å². The maximum atomic E-state index is 11.9. The van der Waals surface area contributed by atoms with E-state index < -0.39 is 18.0 Å². The predicted octanol–water partition coefficient (Wildman–Crippen LogP) is 1.25. The molecule has 0 saturated carbocycles. The standard InChI is InChI=1S/C15H19N5O3/c1-10-9-11(2)20(19-10)8-5-13(21)23-12(3)14(22)18-15-16-6-4-7-17-15/h4,6-7,9,12H,5,8H2,1-3H3,(H,16,17,18,22). The molecule has 0 aliphatic rings. The molecule has 0 aliphatic carbocycles. The van der Waals surface area contributed by atoms with E-state index in [1.165, 1.54) is 19.3 Å². The van der Waals surface area contributed by atoms with Crippen LogP contribution < -0.4 is 5.32 Å². The second-order valence-corrected chi connectivity index (χ2v) is 5.09. The molecule has 23 heavy (non-hydrogen) atoms. The minimum atomic E-state index is -0.924. The van der Waals surface area contributed by atoms with E-state index in [0.29, 0.717) is 6.54 Å². The van der Waals surface area contributed by atoms with Gasteiger partial charge in [0.1, 0.15) is 0 Å². The van der Waals surface area contributed by atoms with Gasteiger partial charge in [0.05, 0.1) is 18.7 Å². The van der Waals surface area contributed by atoms with Crippen molar-refractivity contribution in [2.24, 2.45) is 0 Å². The summed E-state index contributed by atoms with van der Waals surface area (Å²) in [5, 5.41) is 6.74. The first-order chi connectivity index (χ1) is 11.0. The van der Waals surface area contributed by atoms with Crippen LogP contribution in [0.25, 0.3) is 0 Å². The molecule has 8 heteroatoms. The van der Waals surface area contributed by atoms with Crippen LogP contribution in [0.3, 0.4) is 0 Å². The Morgan fingerprint density at radius 2 is 2.00 bits per heavy atom. The van der Waals surface area contributed by atoms with E-state index in [-0.39, 0.29) is 12.4 Å². The predicted molar refractivity (Wildman–Crippen MR) is 82.5 cm³/mol. The SMILES string of the molecule is Cc1cc(C)n(CCC(=O)OC(C)C(=O)Nc2ncccn2)n1. The number of anilines is 1. The van der Waals surface area contributed by atoms with Crippen molar-refractivity contribution in [1.29, 1.82) is 0 Å². The molecule has 2 rings (SSSR count). The maximum absolute atomic E-state index is 11.9. The number of aromatic nitrogens is 4. The van der Waals surface area contributed by atoms with E-state index in [4.69, 9.17) is 4.74 Å². The van der Waals surface area contributed by atoms with Crippen molar-refractivity contribution < 1.29 is 14.3 Å². The molecular weight excluding hydrogens is 298 g/mol. The molecular formula is C15H19N5O3. The lowest BCUT2D eigenvalue weighted by Gasteiger charge is -2.13. The molecule has 122 valence electrons. The number of esters is 1. The smallest absolute Gasteiger partial charge is 0.308 e.